The molecule has 0 radical (unpaired) electrons. The Morgan fingerprint density at radius 1 is 1.04 bits per heavy atom. The lowest BCUT2D eigenvalue weighted by atomic mass is 10.1. The van der Waals surface area contributed by atoms with Gasteiger partial charge in [-0.05, 0) is 18.2 Å². The first-order valence-electron chi connectivity index (χ1n) is 9.26. The highest BCUT2D eigenvalue weighted by molar-refractivity contribution is 5.93. The second kappa shape index (κ2) is 6.94. The first-order valence-corrected chi connectivity index (χ1v) is 9.26. The van der Waals surface area contributed by atoms with Crippen LogP contribution in [0.2, 0.25) is 0 Å². The topological polar surface area (TPSA) is 76.0 Å². The molecule has 0 aliphatic carbocycles. The largest absolute Gasteiger partial charge is 0.378 e. The minimum atomic E-state index is -0.00690. The molecule has 1 N–H and O–H groups in total. The number of H-pyrrole nitrogens is 1. The Morgan fingerprint density at radius 2 is 1.86 bits per heavy atom. The molecule has 5 rings (SSSR count). The van der Waals surface area contributed by atoms with E-state index < -0.39 is 0 Å². The van der Waals surface area contributed by atoms with Crippen LogP contribution in [0.5, 0.6) is 0 Å². The van der Waals surface area contributed by atoms with E-state index in [-0.39, 0.29) is 6.86 Å². The Bertz CT molecular complexity index is 1180. The number of ether oxygens (including phenoxy) is 1. The zero-order valence-electron chi connectivity index (χ0n) is 15.2. The van der Waals surface area contributed by atoms with E-state index in [4.69, 9.17) is 4.74 Å². The van der Waals surface area contributed by atoms with Crippen molar-refractivity contribution in [2.45, 2.75) is 0 Å². The number of rotatable bonds is 3. The van der Waals surface area contributed by atoms with Crippen molar-refractivity contribution in [2.24, 2.45) is 0 Å². The van der Waals surface area contributed by atoms with Crippen LogP contribution in [0.1, 0.15) is 1.43 Å². The predicted octanol–water partition coefficient (Wildman–Crippen LogP) is 2.86. The van der Waals surface area contributed by atoms with Crippen molar-refractivity contribution >= 4 is 16.7 Å². The molecule has 3 heterocycles. The fourth-order valence-corrected chi connectivity index (χ4v) is 3.54. The number of hydrogen-bond acceptors (Lipinski definition) is 5. The summed E-state index contributed by atoms with van der Waals surface area (Å²) in [5, 5.41) is 9.24. The third kappa shape index (κ3) is 2.95. The van der Waals surface area contributed by atoms with E-state index >= 15 is 0 Å². The smallest absolute Gasteiger partial charge is 0.191 e. The predicted molar refractivity (Wildman–Crippen MR) is 110 cm³/mol. The van der Waals surface area contributed by atoms with Crippen LogP contribution >= 0.6 is 0 Å². The van der Waals surface area contributed by atoms with E-state index in [1.807, 2.05) is 54.7 Å². The number of nitrogens with one attached hydrogen (secondary N) is 1. The molecule has 0 unspecified atom stereocenters. The number of benzene rings is 2. The zero-order chi connectivity index (χ0) is 18.9. The van der Waals surface area contributed by atoms with Gasteiger partial charge in [-0.2, -0.15) is 0 Å². The maximum atomic E-state index is 12.7. The molecule has 0 amide bonds. The van der Waals surface area contributed by atoms with Gasteiger partial charge in [-0.3, -0.25) is 4.79 Å². The fraction of sp³-hybridized carbons (Fsp3) is 0.190. The van der Waals surface area contributed by atoms with Crippen molar-refractivity contribution in [3.8, 4) is 16.9 Å². The van der Waals surface area contributed by atoms with Crippen LogP contribution in [0, 0.1) is 0 Å². The number of fused-ring (bicyclic) bond motifs is 1. The Labute approximate surface area is 162 Å². The lowest BCUT2D eigenvalue weighted by molar-refractivity contribution is 0.122. The van der Waals surface area contributed by atoms with Crippen LogP contribution in [0.15, 0.2) is 65.6 Å². The number of anilines is 1. The van der Waals surface area contributed by atoms with Crippen LogP contribution in [-0.2, 0) is 4.74 Å². The average Bonchev–Trinajstić information content (AvgIpc) is 3.25. The molecule has 2 aromatic carbocycles. The van der Waals surface area contributed by atoms with Gasteiger partial charge in [-0.1, -0.05) is 35.5 Å². The monoisotopic (exact) mass is 375 g/mol. The van der Waals surface area contributed by atoms with Crippen molar-refractivity contribution in [2.75, 3.05) is 31.2 Å². The first kappa shape index (κ1) is 16.7. The lowest BCUT2D eigenvalue weighted by Gasteiger charge is -2.28. The molecule has 7 heteroatoms. The van der Waals surface area contributed by atoms with E-state index in [1.54, 1.807) is 10.7 Å². The first-order chi connectivity index (χ1) is 13.8. The van der Waals surface area contributed by atoms with E-state index in [2.05, 4.69) is 20.2 Å². The molecule has 0 bridgehead atoms. The highest BCUT2D eigenvalue weighted by Crippen LogP contribution is 2.26. The van der Waals surface area contributed by atoms with Gasteiger partial charge in [-0.15, -0.1) is 5.10 Å². The molecule has 0 spiro atoms. The van der Waals surface area contributed by atoms with Crippen LogP contribution in [-0.4, -0.2) is 46.3 Å². The molecule has 2 aromatic heterocycles. The highest BCUT2D eigenvalue weighted by Gasteiger charge is 2.16. The summed E-state index contributed by atoms with van der Waals surface area (Å²) in [6.45, 7) is 2.84. The molecule has 1 fully saturated rings. The molecule has 4 aromatic rings. The molecule has 0 atom stereocenters. The number of aromatic amines is 1. The summed E-state index contributed by atoms with van der Waals surface area (Å²) in [6.07, 6.45) is 1.88. The van der Waals surface area contributed by atoms with Crippen LogP contribution in [0.25, 0.3) is 27.8 Å². The second-order valence-electron chi connectivity index (χ2n) is 6.73. The minimum absolute atomic E-state index is 0. The van der Waals surface area contributed by atoms with Gasteiger partial charge in [0.15, 0.2) is 5.43 Å². The van der Waals surface area contributed by atoms with Crippen molar-refractivity contribution in [3.63, 3.8) is 0 Å². The third-order valence-electron chi connectivity index (χ3n) is 4.99. The molecule has 28 heavy (non-hydrogen) atoms. The Kier molecular flexibility index (Phi) is 4.14. The van der Waals surface area contributed by atoms with E-state index in [0.717, 1.165) is 35.7 Å². The van der Waals surface area contributed by atoms with Crippen molar-refractivity contribution in [1.82, 2.24) is 20.0 Å². The summed E-state index contributed by atoms with van der Waals surface area (Å²) in [6, 6.07) is 17.2. The summed E-state index contributed by atoms with van der Waals surface area (Å²) in [5.41, 5.74) is 3.27. The van der Waals surface area contributed by atoms with Gasteiger partial charge in [0.05, 0.1) is 30.6 Å². The summed E-state index contributed by atoms with van der Waals surface area (Å²) in [4.78, 5) is 18.3. The van der Waals surface area contributed by atoms with E-state index in [0.29, 0.717) is 24.3 Å². The average molecular weight is 375 g/mol. The Balaban J connectivity index is 0.00000205. The van der Waals surface area contributed by atoms with Crippen molar-refractivity contribution in [3.05, 3.63) is 71.0 Å². The number of aromatic nitrogens is 4. The maximum absolute atomic E-state index is 12.7. The van der Waals surface area contributed by atoms with Gasteiger partial charge in [0.25, 0.3) is 0 Å². The summed E-state index contributed by atoms with van der Waals surface area (Å²) in [7, 11) is 0. The van der Waals surface area contributed by atoms with E-state index in [9.17, 15) is 4.79 Å². The van der Waals surface area contributed by atoms with Gasteiger partial charge in [0.2, 0.25) is 0 Å². The third-order valence-corrected chi connectivity index (χ3v) is 4.99. The number of hydrogen-bond donors (Lipinski definition) is 1. The van der Waals surface area contributed by atoms with Crippen LogP contribution in [0.4, 0.5) is 5.82 Å². The number of para-hydroxylation sites is 2. The van der Waals surface area contributed by atoms with Gasteiger partial charge in [0, 0.05) is 31.5 Å². The minimum Gasteiger partial charge on any atom is -0.378 e. The molecule has 1 aliphatic heterocycles. The second-order valence-corrected chi connectivity index (χ2v) is 6.73. The standard InChI is InChI=1S/C21H19N5O2.H2/c27-19-13-20(25-9-11-28-12-10-25)22-21-16(7-4-8-17(19)21)18-14-26(24-23-18)15-5-2-1-3-6-15;/h1-8,13-14H,9-12H2,(H,22,27);1H. The molecule has 1 saturated heterocycles. The number of pyridine rings is 1. The SMILES string of the molecule is O=c1cc(N2CCOCC2)[nH]c2c(-c3cn(-c4ccccc4)nn3)cccc12.[HH]. The fourth-order valence-electron chi connectivity index (χ4n) is 3.54. The Morgan fingerprint density at radius 3 is 2.68 bits per heavy atom. The highest BCUT2D eigenvalue weighted by atomic mass is 16.5. The normalized spacial score (nSPS) is 14.5. The quantitative estimate of drug-likeness (QED) is 0.596. The summed E-state index contributed by atoms with van der Waals surface area (Å²) in [5.74, 6) is 0.809. The molecular weight excluding hydrogens is 354 g/mol. The van der Waals surface area contributed by atoms with Crippen LogP contribution < -0.4 is 10.3 Å². The van der Waals surface area contributed by atoms with Crippen molar-refractivity contribution < 1.29 is 6.16 Å². The van der Waals surface area contributed by atoms with Crippen LogP contribution in [0.3, 0.4) is 0 Å². The molecule has 1 aliphatic rings. The number of nitrogens with zero attached hydrogens (tertiary/aromatic N) is 4. The van der Waals surface area contributed by atoms with Gasteiger partial charge in [0.1, 0.15) is 11.5 Å². The van der Waals surface area contributed by atoms with Crippen molar-refractivity contribution in [1.29, 1.82) is 0 Å². The van der Waals surface area contributed by atoms with E-state index in [1.165, 1.54) is 0 Å². The lowest BCUT2D eigenvalue weighted by Crippen LogP contribution is -2.37. The van der Waals surface area contributed by atoms with Gasteiger partial charge >= 0.3 is 0 Å². The molecule has 7 nitrogen and oxygen atoms in total. The zero-order valence-corrected chi connectivity index (χ0v) is 15.2. The molecular formula is C21H21N5O2. The summed E-state index contributed by atoms with van der Waals surface area (Å²) < 4.78 is 7.16. The van der Waals surface area contributed by atoms with Gasteiger partial charge in [-0.25, -0.2) is 4.68 Å². The number of morpholine rings is 1. The Hall–Kier alpha value is -3.45. The van der Waals surface area contributed by atoms with Gasteiger partial charge < -0.3 is 14.6 Å². The maximum Gasteiger partial charge on any atom is 0.191 e. The molecule has 0 saturated carbocycles. The molecule has 142 valence electrons. The summed E-state index contributed by atoms with van der Waals surface area (Å²) >= 11 is 0.